The third-order valence-electron chi connectivity index (χ3n) is 5.62. The lowest BCUT2D eigenvalue weighted by atomic mass is 9.95. The van der Waals surface area contributed by atoms with Gasteiger partial charge in [-0.1, -0.05) is 42.8 Å². The van der Waals surface area contributed by atoms with Crippen LogP contribution in [0.2, 0.25) is 5.02 Å². The van der Waals surface area contributed by atoms with Crippen molar-refractivity contribution in [3.8, 4) is 17.2 Å². The molecule has 1 saturated heterocycles. The van der Waals surface area contributed by atoms with Crippen molar-refractivity contribution in [3.05, 3.63) is 88.5 Å². The fourth-order valence-electron chi connectivity index (χ4n) is 4.02. The van der Waals surface area contributed by atoms with E-state index in [4.69, 9.17) is 21.1 Å². The molecule has 180 valence electrons. The van der Waals surface area contributed by atoms with Crippen molar-refractivity contribution in [2.24, 2.45) is 0 Å². The van der Waals surface area contributed by atoms with Crippen LogP contribution in [0.1, 0.15) is 30.5 Å². The summed E-state index contributed by atoms with van der Waals surface area (Å²) in [7, 11) is 1.47. The smallest absolute Gasteiger partial charge is 0.300 e. The van der Waals surface area contributed by atoms with Crippen LogP contribution in [0.5, 0.6) is 17.2 Å². The summed E-state index contributed by atoms with van der Waals surface area (Å²) in [6, 6.07) is 16.6. The topological polar surface area (TPSA) is 96.3 Å². The minimum Gasteiger partial charge on any atom is -0.508 e. The zero-order chi connectivity index (χ0) is 25.1. The zero-order valence-corrected chi connectivity index (χ0v) is 20.0. The van der Waals surface area contributed by atoms with Gasteiger partial charge in [0.1, 0.15) is 23.0 Å². The van der Waals surface area contributed by atoms with Crippen molar-refractivity contribution < 1.29 is 29.3 Å². The fraction of sp³-hybridized carbons (Fsp3) is 0.185. The summed E-state index contributed by atoms with van der Waals surface area (Å²) in [4.78, 5) is 27.8. The molecule has 0 radical (unpaired) electrons. The molecule has 35 heavy (non-hydrogen) atoms. The van der Waals surface area contributed by atoms with E-state index >= 15 is 0 Å². The molecule has 1 unspecified atom stereocenters. The predicted octanol–water partition coefficient (Wildman–Crippen LogP) is 5.47. The van der Waals surface area contributed by atoms with E-state index in [-0.39, 0.29) is 22.1 Å². The largest absolute Gasteiger partial charge is 0.508 e. The molecule has 7 nitrogen and oxygen atoms in total. The molecule has 0 saturated carbocycles. The summed E-state index contributed by atoms with van der Waals surface area (Å²) in [6.45, 7) is 2.47. The molecule has 4 rings (SSSR count). The van der Waals surface area contributed by atoms with Crippen LogP contribution in [0.3, 0.4) is 0 Å². The Morgan fingerprint density at radius 2 is 1.83 bits per heavy atom. The number of amides is 1. The molecule has 1 heterocycles. The van der Waals surface area contributed by atoms with E-state index in [1.54, 1.807) is 48.5 Å². The fourth-order valence-corrected chi connectivity index (χ4v) is 4.27. The molecule has 3 aromatic carbocycles. The lowest BCUT2D eigenvalue weighted by Crippen LogP contribution is -2.29. The molecule has 3 aromatic rings. The van der Waals surface area contributed by atoms with Crippen LogP contribution in [0, 0.1) is 0 Å². The maximum absolute atomic E-state index is 13.3. The third-order valence-corrected chi connectivity index (χ3v) is 5.92. The monoisotopic (exact) mass is 493 g/mol. The van der Waals surface area contributed by atoms with Crippen molar-refractivity contribution in [2.45, 2.75) is 19.4 Å². The second-order valence-corrected chi connectivity index (χ2v) is 8.37. The minimum atomic E-state index is -1.01. The number of phenolic OH excluding ortho intramolecular Hbond substituents is 1. The maximum atomic E-state index is 13.3. The van der Waals surface area contributed by atoms with E-state index in [0.29, 0.717) is 34.9 Å². The van der Waals surface area contributed by atoms with Gasteiger partial charge in [-0.3, -0.25) is 14.5 Å². The number of halogens is 1. The van der Waals surface area contributed by atoms with E-state index in [9.17, 15) is 19.8 Å². The van der Waals surface area contributed by atoms with Crippen molar-refractivity contribution in [2.75, 3.05) is 18.6 Å². The number of benzene rings is 3. The molecular formula is C27H24ClNO6. The lowest BCUT2D eigenvalue weighted by Gasteiger charge is -2.26. The number of ether oxygens (including phenoxy) is 2. The highest BCUT2D eigenvalue weighted by Gasteiger charge is 2.47. The van der Waals surface area contributed by atoms with Gasteiger partial charge in [0.05, 0.1) is 30.4 Å². The highest BCUT2D eigenvalue weighted by atomic mass is 35.5. The first-order valence-electron chi connectivity index (χ1n) is 11.0. The standard InChI is InChI=1S/C27H24ClNO6/c1-3-12-35-20-9-5-7-17(14-20)25(31)23-24(16-6-4-8-19(30)13-16)29(27(33)26(23)32)18-10-11-22(34-2)21(28)15-18/h4-11,13-15,24,30-31H,3,12H2,1-2H3/b25-23+. The van der Waals surface area contributed by atoms with Gasteiger partial charge in [-0.05, 0) is 54.4 Å². The summed E-state index contributed by atoms with van der Waals surface area (Å²) in [5.41, 5.74) is 0.996. The molecule has 2 N–H and O–H groups in total. The Morgan fingerprint density at radius 3 is 2.51 bits per heavy atom. The van der Waals surface area contributed by atoms with E-state index in [1.807, 2.05) is 6.92 Å². The van der Waals surface area contributed by atoms with Gasteiger partial charge in [0.25, 0.3) is 11.7 Å². The van der Waals surface area contributed by atoms with Crippen LogP contribution in [0.25, 0.3) is 5.76 Å². The van der Waals surface area contributed by atoms with E-state index < -0.39 is 17.7 Å². The van der Waals surface area contributed by atoms with Gasteiger partial charge in [0, 0.05) is 11.3 Å². The van der Waals surface area contributed by atoms with E-state index in [0.717, 1.165) is 6.42 Å². The first-order chi connectivity index (χ1) is 16.8. The molecule has 1 aliphatic rings. The van der Waals surface area contributed by atoms with Crippen LogP contribution in [0.15, 0.2) is 72.3 Å². The molecule has 0 spiro atoms. The van der Waals surface area contributed by atoms with Gasteiger partial charge in [-0.15, -0.1) is 0 Å². The number of Topliss-reactive ketones (excluding diaryl/α,β-unsaturated/α-hetero) is 1. The highest BCUT2D eigenvalue weighted by molar-refractivity contribution is 6.51. The first-order valence-corrected chi connectivity index (χ1v) is 11.4. The van der Waals surface area contributed by atoms with Crippen molar-refractivity contribution in [1.82, 2.24) is 0 Å². The molecule has 0 aliphatic carbocycles. The van der Waals surface area contributed by atoms with Crippen molar-refractivity contribution >= 4 is 34.7 Å². The Kier molecular flexibility index (Phi) is 6.98. The van der Waals surface area contributed by atoms with Crippen LogP contribution >= 0.6 is 11.6 Å². The van der Waals surface area contributed by atoms with E-state index in [1.165, 1.54) is 30.2 Å². The van der Waals surface area contributed by atoms with Gasteiger partial charge in [0.15, 0.2) is 0 Å². The average Bonchev–Trinajstić information content (AvgIpc) is 3.12. The minimum absolute atomic E-state index is 0.0455. The SMILES string of the molecule is CCCOc1cccc(/C(O)=C2\C(=O)C(=O)N(c3ccc(OC)c(Cl)c3)C2c2cccc(O)c2)c1. The zero-order valence-electron chi connectivity index (χ0n) is 19.2. The lowest BCUT2D eigenvalue weighted by molar-refractivity contribution is -0.132. The van der Waals surface area contributed by atoms with Gasteiger partial charge >= 0.3 is 0 Å². The van der Waals surface area contributed by atoms with Crippen LogP contribution in [-0.2, 0) is 9.59 Å². The Bertz CT molecular complexity index is 1320. The molecular weight excluding hydrogens is 470 g/mol. The second kappa shape index (κ2) is 10.1. The molecule has 0 aromatic heterocycles. The summed E-state index contributed by atoms with van der Waals surface area (Å²) >= 11 is 6.30. The van der Waals surface area contributed by atoms with Crippen molar-refractivity contribution in [3.63, 3.8) is 0 Å². The highest BCUT2D eigenvalue weighted by Crippen LogP contribution is 2.44. The molecule has 0 bridgehead atoms. The Morgan fingerprint density at radius 1 is 1.06 bits per heavy atom. The Hall–Kier alpha value is -3.97. The molecule has 1 aliphatic heterocycles. The number of hydrogen-bond donors (Lipinski definition) is 2. The first kappa shape index (κ1) is 24.2. The number of carbonyl (C=O) groups excluding carboxylic acids is 2. The van der Waals surface area contributed by atoms with Crippen molar-refractivity contribution in [1.29, 1.82) is 0 Å². The number of aliphatic hydroxyl groups excluding tert-OH is 1. The Balaban J connectivity index is 1.90. The van der Waals surface area contributed by atoms with Gasteiger partial charge in [0.2, 0.25) is 0 Å². The number of aliphatic hydroxyl groups is 1. The molecule has 8 heteroatoms. The van der Waals surface area contributed by atoms with E-state index in [2.05, 4.69) is 0 Å². The quantitative estimate of drug-likeness (QED) is 0.257. The number of hydrogen-bond acceptors (Lipinski definition) is 6. The third kappa shape index (κ3) is 4.68. The number of aromatic hydroxyl groups is 1. The molecule has 1 amide bonds. The average molecular weight is 494 g/mol. The number of carbonyl (C=O) groups is 2. The number of methoxy groups -OCH3 is 1. The van der Waals surface area contributed by atoms with Crippen LogP contribution in [0.4, 0.5) is 5.69 Å². The number of anilines is 1. The predicted molar refractivity (Wildman–Crippen MR) is 133 cm³/mol. The Labute approximate surface area is 207 Å². The summed E-state index contributed by atoms with van der Waals surface area (Å²) in [6.07, 6.45) is 0.809. The normalized spacial score (nSPS) is 17.0. The van der Waals surface area contributed by atoms with Gasteiger partial charge < -0.3 is 19.7 Å². The second-order valence-electron chi connectivity index (χ2n) is 7.96. The summed E-state index contributed by atoms with van der Waals surface area (Å²) in [5, 5.41) is 21.6. The maximum Gasteiger partial charge on any atom is 0.300 e. The molecule has 1 atom stereocenters. The summed E-state index contributed by atoms with van der Waals surface area (Å²) in [5.74, 6) is -1.15. The van der Waals surface area contributed by atoms with Gasteiger partial charge in [-0.25, -0.2) is 0 Å². The van der Waals surface area contributed by atoms with Crippen LogP contribution in [-0.4, -0.2) is 35.6 Å². The number of phenols is 1. The summed E-state index contributed by atoms with van der Waals surface area (Å²) < 4.78 is 10.9. The number of nitrogens with zero attached hydrogens (tertiary/aromatic N) is 1. The molecule has 1 fully saturated rings. The number of ketones is 1. The number of rotatable bonds is 7. The van der Waals surface area contributed by atoms with Gasteiger partial charge in [-0.2, -0.15) is 0 Å². The van der Waals surface area contributed by atoms with Crippen LogP contribution < -0.4 is 14.4 Å².